The van der Waals surface area contributed by atoms with Crippen molar-refractivity contribution in [3.05, 3.63) is 192 Å². The second-order valence-corrected chi connectivity index (χ2v) is 14.2. The number of nitrogens with one attached hydrogen (secondary N) is 2. The summed E-state index contributed by atoms with van der Waals surface area (Å²) in [5, 5.41) is 8.94. The van der Waals surface area contributed by atoms with E-state index in [1.54, 1.807) is 11.3 Å². The first kappa shape index (κ1) is 28.8. The average molecular weight is 654 g/mol. The molecular formula is C43H31N3S2. The number of para-hydroxylation sites is 2. The van der Waals surface area contributed by atoms with Crippen molar-refractivity contribution in [1.82, 2.24) is 10.3 Å². The number of hydrogen-bond acceptors (Lipinski definition) is 5. The number of hydrogen-bond donors (Lipinski definition) is 2. The zero-order chi connectivity index (χ0) is 31.9. The Kier molecular flexibility index (Phi) is 7.41. The molecule has 48 heavy (non-hydrogen) atoms. The highest BCUT2D eigenvalue weighted by atomic mass is 32.2. The van der Waals surface area contributed by atoms with Crippen molar-refractivity contribution in [1.29, 1.82) is 0 Å². The summed E-state index contributed by atoms with van der Waals surface area (Å²) >= 11 is 3.61. The highest BCUT2D eigenvalue weighted by Gasteiger charge is 2.27. The highest BCUT2D eigenvalue weighted by molar-refractivity contribution is 8.00. The van der Waals surface area contributed by atoms with Crippen molar-refractivity contribution < 1.29 is 0 Å². The number of thiazole rings is 1. The third-order valence-electron chi connectivity index (χ3n) is 9.07. The minimum atomic E-state index is -0.0182. The van der Waals surface area contributed by atoms with E-state index in [1.165, 1.54) is 54.2 Å². The number of allylic oxidation sites excluding steroid dienone is 2. The summed E-state index contributed by atoms with van der Waals surface area (Å²) in [6.07, 6.45) is 2.40. The molecule has 2 N–H and O–H groups in total. The summed E-state index contributed by atoms with van der Waals surface area (Å²) in [7, 11) is 0. The van der Waals surface area contributed by atoms with Crippen LogP contribution in [0.25, 0.3) is 37.6 Å². The molecule has 2 unspecified atom stereocenters. The van der Waals surface area contributed by atoms with E-state index in [-0.39, 0.29) is 11.4 Å². The number of aromatic nitrogens is 1. The monoisotopic (exact) mass is 653 g/mol. The Morgan fingerprint density at radius 1 is 0.521 bits per heavy atom. The summed E-state index contributed by atoms with van der Waals surface area (Å²) < 4.78 is 1.21. The quantitative estimate of drug-likeness (QED) is 0.187. The molecule has 0 spiro atoms. The molecule has 0 bridgehead atoms. The molecule has 2 aliphatic heterocycles. The van der Waals surface area contributed by atoms with Crippen molar-refractivity contribution in [3.63, 3.8) is 0 Å². The van der Waals surface area contributed by atoms with Crippen LogP contribution >= 0.6 is 23.1 Å². The largest absolute Gasteiger partial charge is 0.373 e. The van der Waals surface area contributed by atoms with E-state index >= 15 is 0 Å². The fraction of sp³-hybridized carbons (Fsp3) is 0.0465. The van der Waals surface area contributed by atoms with Crippen LogP contribution in [0.1, 0.15) is 39.2 Å². The lowest BCUT2D eigenvalue weighted by Gasteiger charge is -2.32. The van der Waals surface area contributed by atoms with Gasteiger partial charge in [-0.05, 0) is 63.7 Å². The maximum atomic E-state index is 4.91. The molecule has 230 valence electrons. The van der Waals surface area contributed by atoms with Crippen LogP contribution < -0.4 is 10.6 Å². The molecule has 0 radical (unpaired) electrons. The predicted molar refractivity (Wildman–Crippen MR) is 204 cm³/mol. The van der Waals surface area contributed by atoms with Crippen molar-refractivity contribution in [2.45, 2.75) is 16.3 Å². The Hall–Kier alpha value is -5.36. The molecule has 0 amide bonds. The van der Waals surface area contributed by atoms with Gasteiger partial charge in [0, 0.05) is 21.7 Å². The smallest absolute Gasteiger partial charge is 0.124 e. The number of benzene rings is 6. The summed E-state index contributed by atoms with van der Waals surface area (Å²) in [6.45, 7) is 0. The lowest BCUT2D eigenvalue weighted by atomic mass is 9.84. The van der Waals surface area contributed by atoms with Crippen LogP contribution in [0.15, 0.2) is 169 Å². The predicted octanol–water partition coefficient (Wildman–Crippen LogP) is 11.5. The van der Waals surface area contributed by atoms with Gasteiger partial charge in [0.25, 0.3) is 0 Å². The molecule has 0 saturated heterocycles. The first-order valence-corrected chi connectivity index (χ1v) is 17.9. The summed E-state index contributed by atoms with van der Waals surface area (Å²) in [6, 6.07) is 56.3. The van der Waals surface area contributed by atoms with Crippen molar-refractivity contribution in [2.24, 2.45) is 0 Å². The molecule has 6 aromatic carbocycles. The zero-order valence-corrected chi connectivity index (χ0v) is 27.6. The fourth-order valence-corrected chi connectivity index (χ4v) is 8.73. The first-order chi connectivity index (χ1) is 23.8. The third kappa shape index (κ3) is 5.41. The van der Waals surface area contributed by atoms with Gasteiger partial charge >= 0.3 is 0 Å². The van der Waals surface area contributed by atoms with Crippen LogP contribution in [0.5, 0.6) is 0 Å². The topological polar surface area (TPSA) is 37.0 Å². The van der Waals surface area contributed by atoms with E-state index in [2.05, 4.69) is 168 Å². The molecule has 0 fully saturated rings. The Balaban J connectivity index is 1.13. The highest BCUT2D eigenvalue weighted by Crippen LogP contribution is 2.47. The molecule has 5 heteroatoms. The number of nitrogens with zero attached hydrogens (tertiary/aromatic N) is 1. The number of rotatable bonds is 6. The molecule has 9 rings (SSSR count). The SMILES string of the molecule is C1=C(c2ccc(-c3nc4ccccc4s3)cc2)C(c2ccccc2)NC(c2ccccc2)=C1c1ccc(C2Nc3ccccc3S2)cc1. The lowest BCUT2D eigenvalue weighted by molar-refractivity contribution is 0.785. The fourth-order valence-electron chi connectivity index (χ4n) is 6.62. The summed E-state index contributed by atoms with van der Waals surface area (Å²) in [5.74, 6) is 0. The molecule has 3 heterocycles. The van der Waals surface area contributed by atoms with Gasteiger partial charge in [-0.2, -0.15) is 0 Å². The molecule has 2 atom stereocenters. The second kappa shape index (κ2) is 12.3. The van der Waals surface area contributed by atoms with Crippen LogP contribution in [0, 0.1) is 0 Å². The Labute approximate surface area is 288 Å². The van der Waals surface area contributed by atoms with E-state index in [4.69, 9.17) is 4.98 Å². The average Bonchev–Trinajstić information content (AvgIpc) is 3.80. The third-order valence-corrected chi connectivity index (χ3v) is 11.4. The van der Waals surface area contributed by atoms with Gasteiger partial charge in [0.15, 0.2) is 0 Å². The minimum absolute atomic E-state index is 0.0182. The Morgan fingerprint density at radius 2 is 1.19 bits per heavy atom. The van der Waals surface area contributed by atoms with E-state index in [0.717, 1.165) is 21.8 Å². The lowest BCUT2D eigenvalue weighted by Crippen LogP contribution is -2.25. The van der Waals surface area contributed by atoms with Crippen molar-refractivity contribution in [2.75, 3.05) is 5.32 Å². The van der Waals surface area contributed by atoms with E-state index in [9.17, 15) is 0 Å². The maximum Gasteiger partial charge on any atom is 0.124 e. The molecule has 2 aliphatic rings. The van der Waals surface area contributed by atoms with Gasteiger partial charge in [0.2, 0.25) is 0 Å². The van der Waals surface area contributed by atoms with Gasteiger partial charge in [-0.15, -0.1) is 11.3 Å². The zero-order valence-electron chi connectivity index (χ0n) is 26.0. The normalized spacial score (nSPS) is 17.0. The molecule has 0 aliphatic carbocycles. The van der Waals surface area contributed by atoms with Gasteiger partial charge in [-0.3, -0.25) is 0 Å². The van der Waals surface area contributed by atoms with Crippen LogP contribution in [-0.2, 0) is 0 Å². The van der Waals surface area contributed by atoms with Crippen molar-refractivity contribution >= 4 is 55.8 Å². The minimum Gasteiger partial charge on any atom is -0.373 e. The second-order valence-electron chi connectivity index (χ2n) is 12.1. The van der Waals surface area contributed by atoms with Gasteiger partial charge in [0.05, 0.1) is 22.0 Å². The van der Waals surface area contributed by atoms with Crippen molar-refractivity contribution in [3.8, 4) is 10.6 Å². The van der Waals surface area contributed by atoms with Gasteiger partial charge in [-0.25, -0.2) is 4.98 Å². The molecular weight excluding hydrogens is 623 g/mol. The van der Waals surface area contributed by atoms with E-state index in [1.807, 2.05) is 17.8 Å². The van der Waals surface area contributed by atoms with Gasteiger partial charge in [-0.1, -0.05) is 145 Å². The van der Waals surface area contributed by atoms with Crippen LogP contribution in [0.3, 0.4) is 0 Å². The molecule has 0 saturated carbocycles. The van der Waals surface area contributed by atoms with Crippen LogP contribution in [-0.4, -0.2) is 4.98 Å². The standard InChI is InChI=1S/C43H31N3S2/c1-3-11-30(12-4-1)40-34(28-19-23-32(24-20-28)42-44-36-15-7-9-17-38(36)47-42)27-35(41(46-40)31-13-5-2-6-14-31)29-21-25-33(26-22-29)43-45-37-16-8-10-18-39(37)48-43/h1-27,40,43,45-46H. The Bertz CT molecular complexity index is 2250. The number of anilines is 1. The van der Waals surface area contributed by atoms with Gasteiger partial charge < -0.3 is 10.6 Å². The number of dihydropyridines is 1. The number of thioether (sulfide) groups is 1. The van der Waals surface area contributed by atoms with E-state index in [0.29, 0.717) is 0 Å². The summed E-state index contributed by atoms with van der Waals surface area (Å²) in [5.41, 5.74) is 13.0. The molecule has 7 aromatic rings. The Morgan fingerprint density at radius 3 is 1.96 bits per heavy atom. The van der Waals surface area contributed by atoms with Crippen LogP contribution in [0.4, 0.5) is 5.69 Å². The van der Waals surface area contributed by atoms with Crippen LogP contribution in [0.2, 0.25) is 0 Å². The summed E-state index contributed by atoms with van der Waals surface area (Å²) in [4.78, 5) is 6.21. The maximum absolute atomic E-state index is 4.91. The number of fused-ring (bicyclic) bond motifs is 2. The van der Waals surface area contributed by atoms with E-state index < -0.39 is 0 Å². The molecule has 1 aromatic heterocycles. The molecule has 3 nitrogen and oxygen atoms in total. The van der Waals surface area contributed by atoms with Gasteiger partial charge in [0.1, 0.15) is 10.4 Å². The first-order valence-electron chi connectivity index (χ1n) is 16.2.